The molecule has 2 aliphatic carbocycles. The Kier molecular flexibility index (Phi) is 4.34. The third-order valence-electron chi connectivity index (χ3n) is 5.76. The van der Waals surface area contributed by atoms with Gasteiger partial charge in [0.25, 0.3) is 0 Å². The summed E-state index contributed by atoms with van der Waals surface area (Å²) in [5.41, 5.74) is 4.81. The fraction of sp³-hybridized carbons (Fsp3) is 0.409. The second-order valence-corrected chi connectivity index (χ2v) is 7.24. The van der Waals surface area contributed by atoms with Crippen LogP contribution in [0.1, 0.15) is 38.2 Å². The van der Waals surface area contributed by atoms with E-state index in [0.29, 0.717) is 5.92 Å². The molecule has 0 amide bonds. The molecule has 3 heteroatoms. The van der Waals surface area contributed by atoms with Gasteiger partial charge in [-0.25, -0.2) is 0 Å². The molecule has 3 unspecified atom stereocenters. The smallest absolute Gasteiger partial charge is 0.106 e. The minimum Gasteiger partial charge on any atom is -0.399 e. The zero-order valence-corrected chi connectivity index (χ0v) is 14.9. The second kappa shape index (κ2) is 6.64. The number of fused-ring (bicyclic) bond motifs is 3. The molecule has 0 radical (unpaired) electrons. The topological polar surface area (TPSA) is 41.8 Å². The van der Waals surface area contributed by atoms with Crippen LogP contribution in [0.15, 0.2) is 53.2 Å². The highest BCUT2D eigenvalue weighted by Gasteiger charge is 2.42. The highest BCUT2D eigenvalue weighted by molar-refractivity contribution is 6.07. The molecule has 130 valence electrons. The summed E-state index contributed by atoms with van der Waals surface area (Å²) < 4.78 is 0. The second-order valence-electron chi connectivity index (χ2n) is 7.24. The SMILES string of the molecule is CCC(=NOC)C1=C(c2ccc3ccccc3c2)CC2CC(O)C1C2. The maximum atomic E-state index is 10.6. The highest BCUT2D eigenvalue weighted by atomic mass is 16.6. The number of aliphatic hydroxyl groups is 1. The predicted octanol–water partition coefficient (Wildman–Crippen LogP) is 4.80. The summed E-state index contributed by atoms with van der Waals surface area (Å²) in [6.45, 7) is 2.11. The van der Waals surface area contributed by atoms with Crippen LogP contribution in [-0.4, -0.2) is 24.0 Å². The lowest BCUT2D eigenvalue weighted by Crippen LogP contribution is -2.23. The van der Waals surface area contributed by atoms with Gasteiger partial charge >= 0.3 is 0 Å². The molecule has 3 nitrogen and oxygen atoms in total. The summed E-state index contributed by atoms with van der Waals surface area (Å²) in [7, 11) is 1.60. The fourth-order valence-electron chi connectivity index (χ4n) is 4.67. The van der Waals surface area contributed by atoms with Crippen LogP contribution in [-0.2, 0) is 4.84 Å². The molecular formula is C22H25NO2. The Morgan fingerprint density at radius 3 is 2.72 bits per heavy atom. The zero-order chi connectivity index (χ0) is 17.4. The van der Waals surface area contributed by atoms with Gasteiger partial charge in [0.1, 0.15) is 7.11 Å². The van der Waals surface area contributed by atoms with Crippen LogP contribution in [0.5, 0.6) is 0 Å². The molecule has 1 fully saturated rings. The number of hydrogen-bond acceptors (Lipinski definition) is 3. The van der Waals surface area contributed by atoms with Crippen LogP contribution in [0.25, 0.3) is 16.3 Å². The van der Waals surface area contributed by atoms with Crippen LogP contribution in [0.4, 0.5) is 0 Å². The van der Waals surface area contributed by atoms with Crippen molar-refractivity contribution >= 4 is 22.1 Å². The highest BCUT2D eigenvalue weighted by Crippen LogP contribution is 2.49. The largest absolute Gasteiger partial charge is 0.399 e. The van der Waals surface area contributed by atoms with E-state index in [2.05, 4.69) is 54.5 Å². The van der Waals surface area contributed by atoms with Gasteiger partial charge in [-0.1, -0.05) is 48.5 Å². The van der Waals surface area contributed by atoms with E-state index >= 15 is 0 Å². The molecule has 25 heavy (non-hydrogen) atoms. The van der Waals surface area contributed by atoms with E-state index in [1.807, 2.05) is 0 Å². The predicted molar refractivity (Wildman–Crippen MR) is 102 cm³/mol. The number of allylic oxidation sites excluding steroid dienone is 1. The minimum absolute atomic E-state index is 0.189. The van der Waals surface area contributed by atoms with Crippen molar-refractivity contribution in [2.24, 2.45) is 17.0 Å². The van der Waals surface area contributed by atoms with Gasteiger partial charge in [0.2, 0.25) is 0 Å². The molecule has 2 aromatic carbocycles. The molecular weight excluding hydrogens is 310 g/mol. The first-order valence-corrected chi connectivity index (χ1v) is 9.22. The molecule has 0 aromatic heterocycles. The fourth-order valence-corrected chi connectivity index (χ4v) is 4.67. The summed E-state index contributed by atoms with van der Waals surface area (Å²) in [5.74, 6) is 0.764. The Morgan fingerprint density at radius 1 is 1.16 bits per heavy atom. The Morgan fingerprint density at radius 2 is 1.96 bits per heavy atom. The van der Waals surface area contributed by atoms with E-state index < -0.39 is 0 Å². The standard InChI is InChI=1S/C22H25NO2/c1-3-20(23-25-2)22-18(10-14-11-19(22)21(24)12-14)17-9-8-15-6-4-5-7-16(15)13-17/h4-9,13-14,19,21,24H,3,10-12H2,1-2H3. The Bertz CT molecular complexity index is 852. The number of nitrogens with zero attached hydrogens (tertiary/aromatic N) is 1. The minimum atomic E-state index is -0.258. The first-order chi connectivity index (χ1) is 12.2. The van der Waals surface area contributed by atoms with Crippen molar-refractivity contribution in [3.05, 3.63) is 53.6 Å². The summed E-state index contributed by atoms with van der Waals surface area (Å²) >= 11 is 0. The van der Waals surface area contributed by atoms with Crippen LogP contribution < -0.4 is 0 Å². The van der Waals surface area contributed by atoms with Gasteiger partial charge in [-0.2, -0.15) is 0 Å². The third kappa shape index (κ3) is 2.87. The van der Waals surface area contributed by atoms with Crippen LogP contribution in [0, 0.1) is 11.8 Å². The molecule has 0 heterocycles. The summed E-state index contributed by atoms with van der Waals surface area (Å²) in [4.78, 5) is 5.12. The van der Waals surface area contributed by atoms with Crippen molar-refractivity contribution in [2.75, 3.05) is 7.11 Å². The number of hydrogen-bond donors (Lipinski definition) is 1. The molecule has 0 saturated heterocycles. The third-order valence-corrected chi connectivity index (χ3v) is 5.76. The maximum absolute atomic E-state index is 10.6. The first-order valence-electron chi connectivity index (χ1n) is 9.22. The van der Waals surface area contributed by atoms with Crippen LogP contribution in [0.2, 0.25) is 0 Å². The Labute approximate surface area is 149 Å². The number of rotatable bonds is 4. The van der Waals surface area contributed by atoms with Gasteiger partial charge in [0, 0.05) is 5.92 Å². The van der Waals surface area contributed by atoms with Crippen molar-refractivity contribution in [3.63, 3.8) is 0 Å². The molecule has 3 atom stereocenters. The molecule has 1 N–H and O–H groups in total. The molecule has 0 aliphatic heterocycles. The number of aliphatic hydroxyl groups excluding tert-OH is 1. The lowest BCUT2D eigenvalue weighted by molar-refractivity contribution is 0.149. The van der Waals surface area contributed by atoms with Crippen molar-refractivity contribution < 1.29 is 9.94 Å². The van der Waals surface area contributed by atoms with Crippen LogP contribution in [0.3, 0.4) is 0 Å². The van der Waals surface area contributed by atoms with Gasteiger partial charge in [-0.15, -0.1) is 0 Å². The molecule has 1 saturated carbocycles. The van der Waals surface area contributed by atoms with Crippen molar-refractivity contribution in [3.8, 4) is 0 Å². The summed E-state index contributed by atoms with van der Waals surface area (Å²) in [5, 5.41) is 17.4. The quantitative estimate of drug-likeness (QED) is 0.644. The Balaban J connectivity index is 1.89. The van der Waals surface area contributed by atoms with E-state index in [1.165, 1.54) is 27.5 Å². The lowest BCUT2D eigenvalue weighted by Gasteiger charge is -2.28. The number of benzene rings is 2. The van der Waals surface area contributed by atoms with E-state index in [0.717, 1.165) is 31.4 Å². The Hall–Kier alpha value is -2.13. The molecule has 2 aromatic rings. The van der Waals surface area contributed by atoms with E-state index in [4.69, 9.17) is 4.84 Å². The summed E-state index contributed by atoms with van der Waals surface area (Å²) in [6, 6.07) is 15.2. The average Bonchev–Trinajstić information content (AvgIpc) is 2.94. The average molecular weight is 335 g/mol. The van der Waals surface area contributed by atoms with Gasteiger partial charge < -0.3 is 9.94 Å². The molecule has 2 aliphatic rings. The lowest BCUT2D eigenvalue weighted by atomic mass is 9.77. The number of oxime groups is 1. The van der Waals surface area contributed by atoms with E-state index in [9.17, 15) is 5.11 Å². The first kappa shape index (κ1) is 16.3. The van der Waals surface area contributed by atoms with Gasteiger partial charge in [-0.3, -0.25) is 0 Å². The molecule has 0 spiro atoms. The molecule has 4 rings (SSSR count). The monoisotopic (exact) mass is 335 g/mol. The van der Waals surface area contributed by atoms with E-state index in [1.54, 1.807) is 7.11 Å². The molecule has 2 bridgehead atoms. The maximum Gasteiger partial charge on any atom is 0.106 e. The van der Waals surface area contributed by atoms with Crippen molar-refractivity contribution in [1.82, 2.24) is 0 Å². The van der Waals surface area contributed by atoms with Gasteiger partial charge in [0.15, 0.2) is 0 Å². The van der Waals surface area contributed by atoms with E-state index in [-0.39, 0.29) is 12.0 Å². The normalized spacial score (nSPS) is 26.4. The van der Waals surface area contributed by atoms with Gasteiger partial charge in [-0.05, 0) is 65.1 Å². The van der Waals surface area contributed by atoms with Gasteiger partial charge in [0.05, 0.1) is 11.8 Å². The van der Waals surface area contributed by atoms with Crippen molar-refractivity contribution in [1.29, 1.82) is 0 Å². The van der Waals surface area contributed by atoms with Crippen molar-refractivity contribution in [2.45, 2.75) is 38.7 Å². The summed E-state index contributed by atoms with van der Waals surface area (Å²) in [6.07, 6.45) is 3.54. The van der Waals surface area contributed by atoms with Crippen LogP contribution >= 0.6 is 0 Å². The zero-order valence-electron chi connectivity index (χ0n) is 14.9.